The van der Waals surface area contributed by atoms with E-state index in [9.17, 15) is 4.79 Å². The van der Waals surface area contributed by atoms with E-state index in [1.54, 1.807) is 0 Å². The van der Waals surface area contributed by atoms with Gasteiger partial charge in [-0.15, -0.1) is 0 Å². The van der Waals surface area contributed by atoms with Crippen LogP contribution in [-0.4, -0.2) is 40.6 Å². The average Bonchev–Trinajstić information content (AvgIpc) is 3.25. The molecule has 4 rings (SSSR count). The molecule has 0 saturated carbocycles. The Bertz CT molecular complexity index is 930. The molecule has 1 fully saturated rings. The maximum atomic E-state index is 12.4. The second-order valence-corrected chi connectivity index (χ2v) is 7.46. The van der Waals surface area contributed by atoms with Crippen molar-refractivity contribution in [3.63, 3.8) is 0 Å². The number of piperidine rings is 1. The van der Waals surface area contributed by atoms with E-state index in [4.69, 9.17) is 9.26 Å². The van der Waals surface area contributed by atoms with Crippen molar-refractivity contribution in [1.29, 1.82) is 0 Å². The average molecular weight is 391 g/mol. The zero-order valence-corrected chi connectivity index (χ0v) is 16.6. The highest BCUT2D eigenvalue weighted by Gasteiger charge is 2.27. The molecule has 150 valence electrons. The molecule has 2 heterocycles. The molecule has 1 saturated heterocycles. The summed E-state index contributed by atoms with van der Waals surface area (Å²) in [6, 6.07) is 18.0. The van der Waals surface area contributed by atoms with Gasteiger partial charge < -0.3 is 14.2 Å². The van der Waals surface area contributed by atoms with E-state index in [2.05, 4.69) is 10.1 Å². The van der Waals surface area contributed by atoms with E-state index in [0.717, 1.165) is 24.0 Å². The van der Waals surface area contributed by atoms with Crippen LogP contribution in [0.1, 0.15) is 35.8 Å². The quantitative estimate of drug-likeness (QED) is 0.636. The lowest BCUT2D eigenvalue weighted by Crippen LogP contribution is -2.40. The molecule has 29 heavy (non-hydrogen) atoms. The van der Waals surface area contributed by atoms with Crippen molar-refractivity contribution in [2.24, 2.45) is 0 Å². The molecular weight excluding hydrogens is 366 g/mol. The number of aryl methyl sites for hydroxylation is 1. The summed E-state index contributed by atoms with van der Waals surface area (Å²) >= 11 is 0. The lowest BCUT2D eigenvalue weighted by molar-refractivity contribution is -0.137. The normalized spacial score (nSPS) is 14.9. The number of hydrogen-bond acceptors (Lipinski definition) is 5. The van der Waals surface area contributed by atoms with Crippen molar-refractivity contribution in [1.82, 2.24) is 15.0 Å². The van der Waals surface area contributed by atoms with Gasteiger partial charge in [0.25, 0.3) is 0 Å². The van der Waals surface area contributed by atoms with E-state index in [0.29, 0.717) is 31.4 Å². The molecule has 0 unspecified atom stereocenters. The van der Waals surface area contributed by atoms with Gasteiger partial charge in [-0.1, -0.05) is 65.3 Å². The lowest BCUT2D eigenvalue weighted by atomic mass is 9.97. The number of carbonyl (C=O) groups excluding carboxylic acids is 1. The number of carbonyl (C=O) groups is 1. The molecule has 3 aromatic rings. The fraction of sp³-hybridized carbons (Fsp3) is 0.348. The molecule has 0 atom stereocenters. The predicted octanol–water partition coefficient (Wildman–Crippen LogP) is 3.97. The third-order valence-electron chi connectivity index (χ3n) is 5.29. The minimum absolute atomic E-state index is 0.0326. The topological polar surface area (TPSA) is 68.5 Å². The number of benzene rings is 2. The maximum absolute atomic E-state index is 12.4. The Morgan fingerprint density at radius 1 is 1.10 bits per heavy atom. The molecule has 1 aliphatic heterocycles. The smallest absolute Gasteiger partial charge is 0.248 e. The van der Waals surface area contributed by atoms with Crippen LogP contribution in [0.3, 0.4) is 0 Å². The van der Waals surface area contributed by atoms with E-state index < -0.39 is 0 Å². The number of hydrogen-bond donors (Lipinski definition) is 0. The van der Waals surface area contributed by atoms with Gasteiger partial charge in [0.05, 0.1) is 6.61 Å². The largest absolute Gasteiger partial charge is 0.367 e. The van der Waals surface area contributed by atoms with Gasteiger partial charge in [-0.2, -0.15) is 4.98 Å². The molecule has 0 N–H and O–H groups in total. The van der Waals surface area contributed by atoms with Gasteiger partial charge in [-0.25, -0.2) is 0 Å². The summed E-state index contributed by atoms with van der Waals surface area (Å²) in [6.45, 7) is 3.97. The first-order valence-corrected chi connectivity index (χ1v) is 9.99. The zero-order chi connectivity index (χ0) is 20.1. The number of amides is 1. The summed E-state index contributed by atoms with van der Waals surface area (Å²) < 4.78 is 11.1. The van der Waals surface area contributed by atoms with Crippen LogP contribution in [0.5, 0.6) is 0 Å². The molecule has 6 heteroatoms. The molecular formula is C23H25N3O3. The van der Waals surface area contributed by atoms with Crippen molar-refractivity contribution in [3.8, 4) is 11.4 Å². The first-order valence-electron chi connectivity index (χ1n) is 9.99. The second kappa shape index (κ2) is 9.01. The highest BCUT2D eigenvalue weighted by molar-refractivity contribution is 5.77. The van der Waals surface area contributed by atoms with Crippen LogP contribution in [-0.2, 0) is 16.1 Å². The molecule has 0 bridgehead atoms. The summed E-state index contributed by atoms with van der Waals surface area (Å²) in [4.78, 5) is 18.8. The Balaban J connectivity index is 1.26. The van der Waals surface area contributed by atoms with Gasteiger partial charge in [0.1, 0.15) is 6.61 Å². The third kappa shape index (κ3) is 4.90. The van der Waals surface area contributed by atoms with Crippen LogP contribution >= 0.6 is 0 Å². The summed E-state index contributed by atoms with van der Waals surface area (Å²) in [6.07, 6.45) is 1.64. The van der Waals surface area contributed by atoms with Crippen molar-refractivity contribution >= 4 is 5.91 Å². The number of likely N-dealkylation sites (tertiary alicyclic amines) is 1. The fourth-order valence-corrected chi connectivity index (χ4v) is 3.52. The molecule has 1 amide bonds. The summed E-state index contributed by atoms with van der Waals surface area (Å²) in [5.74, 6) is 1.50. The van der Waals surface area contributed by atoms with Crippen LogP contribution in [0.4, 0.5) is 0 Å². The minimum atomic E-state index is 0.0326. The van der Waals surface area contributed by atoms with Crippen molar-refractivity contribution in [3.05, 3.63) is 71.6 Å². The van der Waals surface area contributed by atoms with Crippen LogP contribution < -0.4 is 0 Å². The van der Waals surface area contributed by atoms with Gasteiger partial charge in [0.2, 0.25) is 17.6 Å². The summed E-state index contributed by atoms with van der Waals surface area (Å²) in [5, 5.41) is 4.13. The molecule has 0 radical (unpaired) electrons. The monoisotopic (exact) mass is 391 g/mol. The summed E-state index contributed by atoms with van der Waals surface area (Å²) in [5.41, 5.74) is 3.22. The predicted molar refractivity (Wildman–Crippen MR) is 109 cm³/mol. The number of nitrogens with zero attached hydrogens (tertiary/aromatic N) is 3. The highest BCUT2D eigenvalue weighted by atomic mass is 16.5. The molecule has 0 aliphatic carbocycles. The fourth-order valence-electron chi connectivity index (χ4n) is 3.52. The van der Waals surface area contributed by atoms with Crippen LogP contribution in [0.2, 0.25) is 0 Å². The first-order chi connectivity index (χ1) is 14.2. The Hall–Kier alpha value is -2.99. The molecule has 1 aliphatic rings. The van der Waals surface area contributed by atoms with Crippen molar-refractivity contribution < 1.29 is 14.1 Å². The van der Waals surface area contributed by atoms with Gasteiger partial charge in [-0.05, 0) is 25.3 Å². The molecule has 2 aromatic carbocycles. The minimum Gasteiger partial charge on any atom is -0.367 e. The third-order valence-corrected chi connectivity index (χ3v) is 5.29. The van der Waals surface area contributed by atoms with Crippen LogP contribution in [0.25, 0.3) is 11.4 Å². The Labute approximate surface area is 170 Å². The Kier molecular flexibility index (Phi) is 6.00. The van der Waals surface area contributed by atoms with Gasteiger partial charge in [0, 0.05) is 24.6 Å². The number of ether oxygens (including phenoxy) is 1. The zero-order valence-electron chi connectivity index (χ0n) is 16.6. The molecule has 0 spiro atoms. The number of aromatic nitrogens is 2. The van der Waals surface area contributed by atoms with Crippen molar-refractivity contribution in [2.45, 2.75) is 32.3 Å². The van der Waals surface area contributed by atoms with E-state index in [1.807, 2.05) is 66.4 Å². The van der Waals surface area contributed by atoms with Crippen molar-refractivity contribution in [2.75, 3.05) is 19.7 Å². The number of rotatable bonds is 6. The molecule has 6 nitrogen and oxygen atoms in total. The van der Waals surface area contributed by atoms with Crippen LogP contribution in [0.15, 0.2) is 59.1 Å². The van der Waals surface area contributed by atoms with Gasteiger partial charge >= 0.3 is 0 Å². The second-order valence-electron chi connectivity index (χ2n) is 7.46. The molecule has 1 aromatic heterocycles. The van der Waals surface area contributed by atoms with E-state index in [1.165, 1.54) is 5.56 Å². The first kappa shape index (κ1) is 19.3. The maximum Gasteiger partial charge on any atom is 0.248 e. The van der Waals surface area contributed by atoms with Crippen LogP contribution in [0, 0.1) is 6.92 Å². The standard InChI is InChI=1S/C23H25N3O3/c1-17-7-9-19(10-8-17)22-24-23(29-25-22)20-11-13-26(14-12-20)21(27)16-28-15-18-5-3-2-4-6-18/h2-10,20H,11-16H2,1H3. The van der Waals surface area contributed by atoms with Gasteiger partial charge in [-0.3, -0.25) is 4.79 Å². The van der Waals surface area contributed by atoms with E-state index in [-0.39, 0.29) is 18.4 Å². The SMILES string of the molecule is Cc1ccc(-c2noc(C3CCN(C(=O)COCc4ccccc4)CC3)n2)cc1. The van der Waals surface area contributed by atoms with E-state index >= 15 is 0 Å². The Morgan fingerprint density at radius 3 is 2.55 bits per heavy atom. The van der Waals surface area contributed by atoms with Gasteiger partial charge in [0.15, 0.2) is 0 Å². The summed E-state index contributed by atoms with van der Waals surface area (Å²) in [7, 11) is 0. The lowest BCUT2D eigenvalue weighted by Gasteiger charge is -2.30. The highest BCUT2D eigenvalue weighted by Crippen LogP contribution is 2.28. The Morgan fingerprint density at radius 2 is 1.83 bits per heavy atom.